The maximum Gasteiger partial charge on any atom is 0.271 e. The highest BCUT2D eigenvalue weighted by Crippen LogP contribution is 2.21. The lowest BCUT2D eigenvalue weighted by Gasteiger charge is -2.05. The highest BCUT2D eigenvalue weighted by Gasteiger charge is 2.06. The zero-order chi connectivity index (χ0) is 19.1. The molecule has 3 N–H and O–H groups in total. The predicted molar refractivity (Wildman–Crippen MR) is 102 cm³/mol. The molecule has 0 aromatic heterocycles. The molecule has 0 radical (unpaired) electrons. The monoisotopic (exact) mass is 351 g/mol. The Kier molecular flexibility index (Phi) is 6.27. The number of rotatable bonds is 5. The van der Waals surface area contributed by atoms with Crippen molar-refractivity contribution in [2.75, 3.05) is 7.05 Å². The summed E-state index contributed by atoms with van der Waals surface area (Å²) in [4.78, 5) is 23.4. The summed E-state index contributed by atoms with van der Waals surface area (Å²) >= 11 is 0. The van der Waals surface area contributed by atoms with E-state index in [9.17, 15) is 14.7 Å². The number of aromatic hydroxyl groups is 1. The molecule has 134 valence electrons. The predicted octanol–water partition coefficient (Wildman–Crippen LogP) is 2.53. The van der Waals surface area contributed by atoms with Gasteiger partial charge in [0, 0.05) is 24.3 Å². The van der Waals surface area contributed by atoms with Crippen LogP contribution in [0.4, 0.5) is 0 Å². The van der Waals surface area contributed by atoms with Crippen LogP contribution in [0.3, 0.4) is 0 Å². The van der Waals surface area contributed by atoms with Crippen LogP contribution in [0.1, 0.15) is 32.6 Å². The van der Waals surface area contributed by atoms with E-state index < -0.39 is 0 Å². The van der Waals surface area contributed by atoms with Crippen LogP contribution in [-0.4, -0.2) is 30.2 Å². The zero-order valence-electron chi connectivity index (χ0n) is 14.9. The molecule has 2 aromatic rings. The molecular formula is C20H21N3O3. The molecule has 0 bridgehead atoms. The second-order valence-corrected chi connectivity index (χ2v) is 5.79. The molecule has 0 aliphatic carbocycles. The Morgan fingerprint density at radius 1 is 1.15 bits per heavy atom. The lowest BCUT2D eigenvalue weighted by molar-refractivity contribution is -0.115. The van der Waals surface area contributed by atoms with Crippen LogP contribution >= 0.6 is 0 Å². The largest absolute Gasteiger partial charge is 0.507 e. The van der Waals surface area contributed by atoms with E-state index in [2.05, 4.69) is 15.8 Å². The van der Waals surface area contributed by atoms with Crippen LogP contribution in [0.25, 0.3) is 6.08 Å². The van der Waals surface area contributed by atoms with E-state index in [0.717, 1.165) is 16.7 Å². The number of hydrazone groups is 1. The van der Waals surface area contributed by atoms with Crippen LogP contribution in [0.2, 0.25) is 0 Å². The zero-order valence-corrected chi connectivity index (χ0v) is 14.9. The summed E-state index contributed by atoms with van der Waals surface area (Å²) in [6.45, 7) is 3.72. The number of amides is 2. The minimum atomic E-state index is -0.389. The van der Waals surface area contributed by atoms with Crippen LogP contribution in [0.15, 0.2) is 47.6 Å². The molecule has 2 aromatic carbocycles. The van der Waals surface area contributed by atoms with Gasteiger partial charge in [-0.2, -0.15) is 5.10 Å². The van der Waals surface area contributed by atoms with Gasteiger partial charge in [0.1, 0.15) is 5.75 Å². The van der Waals surface area contributed by atoms with E-state index >= 15 is 0 Å². The van der Waals surface area contributed by atoms with Gasteiger partial charge in [0.15, 0.2) is 0 Å². The third kappa shape index (κ3) is 5.04. The minimum Gasteiger partial charge on any atom is -0.507 e. The van der Waals surface area contributed by atoms with Gasteiger partial charge in [0.25, 0.3) is 5.91 Å². The summed E-state index contributed by atoms with van der Waals surface area (Å²) < 4.78 is 0. The van der Waals surface area contributed by atoms with E-state index in [1.54, 1.807) is 50.4 Å². The van der Waals surface area contributed by atoms with E-state index in [1.807, 2.05) is 13.0 Å². The van der Waals surface area contributed by atoms with Crippen LogP contribution in [-0.2, 0) is 4.79 Å². The van der Waals surface area contributed by atoms with Gasteiger partial charge in [-0.3, -0.25) is 9.59 Å². The molecule has 0 saturated carbocycles. The van der Waals surface area contributed by atoms with Crippen molar-refractivity contribution in [1.29, 1.82) is 0 Å². The molecule has 26 heavy (non-hydrogen) atoms. The molecule has 0 atom stereocenters. The van der Waals surface area contributed by atoms with E-state index in [-0.39, 0.29) is 17.6 Å². The second kappa shape index (κ2) is 8.62. The van der Waals surface area contributed by atoms with Gasteiger partial charge < -0.3 is 10.4 Å². The summed E-state index contributed by atoms with van der Waals surface area (Å²) in [7, 11) is 1.54. The van der Waals surface area contributed by atoms with Crippen molar-refractivity contribution in [3.8, 4) is 5.75 Å². The normalized spacial score (nSPS) is 11.0. The Morgan fingerprint density at radius 3 is 2.65 bits per heavy atom. The van der Waals surface area contributed by atoms with Crippen LogP contribution in [0, 0.1) is 13.8 Å². The smallest absolute Gasteiger partial charge is 0.271 e. The average molecular weight is 351 g/mol. The molecule has 6 nitrogen and oxygen atoms in total. The Bertz CT molecular complexity index is 886. The fourth-order valence-corrected chi connectivity index (χ4v) is 2.36. The van der Waals surface area contributed by atoms with Gasteiger partial charge in [-0.15, -0.1) is 0 Å². The second-order valence-electron chi connectivity index (χ2n) is 5.79. The number of likely N-dealkylation sites (N-methyl/N-ethyl adjacent to an activating group) is 1. The van der Waals surface area contributed by atoms with Gasteiger partial charge in [-0.1, -0.05) is 18.2 Å². The molecular weight excluding hydrogens is 330 g/mol. The highest BCUT2D eigenvalue weighted by atomic mass is 16.3. The molecule has 0 saturated heterocycles. The summed E-state index contributed by atoms with van der Waals surface area (Å²) in [5, 5.41) is 16.4. The fourth-order valence-electron chi connectivity index (χ4n) is 2.36. The number of carbonyl (C=O) groups excluding carboxylic acids is 2. The summed E-state index contributed by atoms with van der Waals surface area (Å²) in [6, 6.07) is 10.4. The fraction of sp³-hybridized carbons (Fsp3) is 0.150. The lowest BCUT2D eigenvalue weighted by Crippen LogP contribution is -2.17. The van der Waals surface area contributed by atoms with E-state index in [4.69, 9.17) is 0 Å². The number of phenols is 1. The number of hydrogen-bond donors (Lipinski definition) is 3. The van der Waals surface area contributed by atoms with Gasteiger partial charge in [0.05, 0.1) is 6.21 Å². The molecule has 2 amide bonds. The molecule has 0 aliphatic heterocycles. The van der Waals surface area contributed by atoms with Crippen LogP contribution < -0.4 is 10.7 Å². The van der Waals surface area contributed by atoms with Gasteiger partial charge in [0.2, 0.25) is 5.91 Å². The number of nitrogens with zero attached hydrogens (tertiary/aromatic N) is 1. The van der Waals surface area contributed by atoms with Crippen molar-refractivity contribution in [2.45, 2.75) is 13.8 Å². The van der Waals surface area contributed by atoms with Crippen LogP contribution in [0.5, 0.6) is 5.75 Å². The lowest BCUT2D eigenvalue weighted by atomic mass is 10.1. The Labute approximate surface area is 152 Å². The van der Waals surface area contributed by atoms with Crippen molar-refractivity contribution in [1.82, 2.24) is 10.7 Å². The molecule has 0 heterocycles. The molecule has 0 unspecified atom stereocenters. The summed E-state index contributed by atoms with van der Waals surface area (Å²) in [5.74, 6) is -0.479. The summed E-state index contributed by atoms with van der Waals surface area (Å²) in [5.41, 5.74) is 5.83. The number of carbonyl (C=O) groups is 2. The van der Waals surface area contributed by atoms with Crippen molar-refractivity contribution >= 4 is 24.1 Å². The number of hydrogen-bond acceptors (Lipinski definition) is 4. The van der Waals surface area contributed by atoms with Crippen molar-refractivity contribution in [3.63, 3.8) is 0 Å². The standard InChI is InChI=1S/C20H21N3O3/c1-13-9-14(2)19(25)17(10-13)12-22-23-20(26)16-6-4-5-15(11-16)7-8-18(24)21-3/h4-12,25H,1-3H3,(H,21,24)(H,23,26)/b8-7+,22-12+. The maximum absolute atomic E-state index is 12.2. The first-order valence-corrected chi connectivity index (χ1v) is 8.04. The van der Waals surface area contributed by atoms with Gasteiger partial charge in [-0.05, 0) is 54.8 Å². The quantitative estimate of drug-likeness (QED) is 0.439. The number of aryl methyl sites for hydroxylation is 2. The SMILES string of the molecule is CNC(=O)/C=C/c1cccc(C(=O)N/N=C/c2cc(C)cc(C)c2O)c1. The number of nitrogens with one attached hydrogen (secondary N) is 2. The van der Waals surface area contributed by atoms with E-state index in [1.165, 1.54) is 12.3 Å². The Morgan fingerprint density at radius 2 is 1.92 bits per heavy atom. The first kappa shape index (κ1) is 18.9. The molecule has 6 heteroatoms. The minimum absolute atomic E-state index is 0.134. The topological polar surface area (TPSA) is 90.8 Å². The third-order valence-electron chi connectivity index (χ3n) is 3.67. The van der Waals surface area contributed by atoms with Gasteiger partial charge >= 0.3 is 0 Å². The third-order valence-corrected chi connectivity index (χ3v) is 3.67. The number of benzene rings is 2. The number of phenolic OH excluding ortho intramolecular Hbond substituents is 1. The molecule has 0 aliphatic rings. The first-order valence-electron chi connectivity index (χ1n) is 8.04. The van der Waals surface area contributed by atoms with E-state index in [0.29, 0.717) is 11.1 Å². The summed E-state index contributed by atoms with van der Waals surface area (Å²) in [6.07, 6.45) is 4.41. The first-order chi connectivity index (χ1) is 12.4. The van der Waals surface area contributed by atoms with Gasteiger partial charge in [-0.25, -0.2) is 5.43 Å². The Hall–Kier alpha value is -3.41. The highest BCUT2D eigenvalue weighted by molar-refractivity contribution is 5.96. The van der Waals surface area contributed by atoms with Crippen molar-refractivity contribution in [3.05, 3.63) is 70.3 Å². The molecule has 2 rings (SSSR count). The maximum atomic E-state index is 12.2. The molecule has 0 spiro atoms. The molecule has 0 fully saturated rings. The van der Waals surface area contributed by atoms with Crippen molar-refractivity contribution in [2.24, 2.45) is 5.10 Å². The van der Waals surface area contributed by atoms with Crippen molar-refractivity contribution < 1.29 is 14.7 Å². The Balaban J connectivity index is 2.09. The average Bonchev–Trinajstić information content (AvgIpc) is 2.63.